The molecule has 0 aliphatic carbocycles. The number of fused-ring (bicyclic) bond motifs is 1. The highest BCUT2D eigenvalue weighted by Gasteiger charge is 2.24. The highest BCUT2D eigenvalue weighted by Crippen LogP contribution is 2.21. The first-order chi connectivity index (χ1) is 11.5. The molecule has 8 nitrogen and oxygen atoms in total. The molecule has 1 atom stereocenters. The number of carbonyl (C=O) groups is 1. The van der Waals surface area contributed by atoms with Crippen molar-refractivity contribution in [1.82, 2.24) is 15.0 Å². The molecule has 2 heterocycles. The number of amides is 1. The van der Waals surface area contributed by atoms with Gasteiger partial charge in [0.2, 0.25) is 0 Å². The average molecular weight is 353 g/mol. The summed E-state index contributed by atoms with van der Waals surface area (Å²) in [5.74, 6) is 0.319. The van der Waals surface area contributed by atoms with Gasteiger partial charge in [-0.25, -0.2) is 14.5 Å². The summed E-state index contributed by atoms with van der Waals surface area (Å²) in [6, 6.07) is 4.36. The first-order valence-electron chi connectivity index (χ1n) is 7.52. The SMILES string of the molecule is CC(NC(=O)O)c1nc2cccc(Cl)c2c(=O)n1N1CCOCC1. The maximum atomic E-state index is 13.0. The van der Waals surface area contributed by atoms with Crippen molar-refractivity contribution in [3.8, 4) is 0 Å². The number of aromatic nitrogens is 2. The second-order valence-corrected chi connectivity index (χ2v) is 5.87. The van der Waals surface area contributed by atoms with E-state index in [4.69, 9.17) is 21.4 Å². The molecule has 0 saturated carbocycles. The van der Waals surface area contributed by atoms with E-state index in [0.717, 1.165) is 0 Å². The zero-order chi connectivity index (χ0) is 17.3. The monoisotopic (exact) mass is 352 g/mol. The normalized spacial score (nSPS) is 16.2. The summed E-state index contributed by atoms with van der Waals surface area (Å²) in [5, 5.41) is 13.8. The first-order valence-corrected chi connectivity index (χ1v) is 7.90. The fourth-order valence-corrected chi connectivity index (χ4v) is 3.01. The lowest BCUT2D eigenvalue weighted by atomic mass is 10.2. The minimum Gasteiger partial charge on any atom is -0.465 e. The lowest BCUT2D eigenvalue weighted by Crippen LogP contribution is -2.51. The van der Waals surface area contributed by atoms with Crippen molar-refractivity contribution in [3.05, 3.63) is 39.4 Å². The molecule has 24 heavy (non-hydrogen) atoms. The number of rotatable bonds is 3. The van der Waals surface area contributed by atoms with Crippen molar-refractivity contribution in [2.75, 3.05) is 31.3 Å². The Morgan fingerprint density at radius 1 is 1.42 bits per heavy atom. The Hall–Kier alpha value is -2.32. The van der Waals surface area contributed by atoms with Crippen LogP contribution < -0.4 is 15.9 Å². The number of halogens is 1. The summed E-state index contributed by atoms with van der Waals surface area (Å²) in [4.78, 5) is 28.5. The molecule has 1 amide bonds. The van der Waals surface area contributed by atoms with Crippen molar-refractivity contribution < 1.29 is 14.6 Å². The molecule has 1 aromatic carbocycles. The summed E-state index contributed by atoms with van der Waals surface area (Å²) in [6.07, 6.45) is -1.18. The fraction of sp³-hybridized carbons (Fsp3) is 0.400. The molecule has 2 aromatic rings. The summed E-state index contributed by atoms with van der Waals surface area (Å²) >= 11 is 6.18. The molecule has 128 valence electrons. The van der Waals surface area contributed by atoms with Gasteiger partial charge in [-0.3, -0.25) is 4.79 Å². The quantitative estimate of drug-likeness (QED) is 0.865. The van der Waals surface area contributed by atoms with Gasteiger partial charge in [0.15, 0.2) is 5.82 Å². The number of benzene rings is 1. The third-order valence-corrected chi connectivity index (χ3v) is 4.16. The number of hydrogen-bond donors (Lipinski definition) is 2. The van der Waals surface area contributed by atoms with Crippen LogP contribution in [-0.4, -0.2) is 47.2 Å². The molecule has 0 radical (unpaired) electrons. The average Bonchev–Trinajstić information content (AvgIpc) is 2.54. The van der Waals surface area contributed by atoms with Gasteiger partial charge in [-0.2, -0.15) is 0 Å². The number of morpholine rings is 1. The molecule has 1 unspecified atom stereocenters. The summed E-state index contributed by atoms with van der Waals surface area (Å²) < 4.78 is 6.74. The van der Waals surface area contributed by atoms with Gasteiger partial charge in [-0.1, -0.05) is 17.7 Å². The molecule has 1 aliphatic heterocycles. The third-order valence-electron chi connectivity index (χ3n) is 3.85. The smallest absolute Gasteiger partial charge is 0.405 e. The van der Waals surface area contributed by atoms with Crippen LogP contribution in [0.15, 0.2) is 23.0 Å². The van der Waals surface area contributed by atoms with Gasteiger partial charge in [0.1, 0.15) is 0 Å². The molecule has 9 heteroatoms. The summed E-state index contributed by atoms with van der Waals surface area (Å²) in [5.41, 5.74) is 0.118. The largest absolute Gasteiger partial charge is 0.465 e. The number of nitrogens with one attached hydrogen (secondary N) is 1. The minimum atomic E-state index is -1.18. The summed E-state index contributed by atoms with van der Waals surface area (Å²) in [6.45, 7) is 3.61. The van der Waals surface area contributed by atoms with Crippen LogP contribution in [0.2, 0.25) is 5.02 Å². The molecular weight excluding hydrogens is 336 g/mol. The Bertz CT molecular complexity index is 832. The van der Waals surface area contributed by atoms with Crippen molar-refractivity contribution >= 4 is 28.6 Å². The maximum absolute atomic E-state index is 13.0. The van der Waals surface area contributed by atoms with E-state index in [1.807, 2.05) is 0 Å². The Morgan fingerprint density at radius 2 is 2.12 bits per heavy atom. The molecule has 0 spiro atoms. The summed E-state index contributed by atoms with van der Waals surface area (Å²) in [7, 11) is 0. The highest BCUT2D eigenvalue weighted by atomic mass is 35.5. The lowest BCUT2D eigenvalue weighted by molar-refractivity contribution is 0.109. The van der Waals surface area contributed by atoms with Crippen molar-refractivity contribution in [2.45, 2.75) is 13.0 Å². The van der Waals surface area contributed by atoms with E-state index in [2.05, 4.69) is 10.3 Å². The van der Waals surface area contributed by atoms with Crippen molar-refractivity contribution in [3.63, 3.8) is 0 Å². The van der Waals surface area contributed by atoms with E-state index in [1.165, 1.54) is 4.68 Å². The van der Waals surface area contributed by atoms with Crippen LogP contribution >= 0.6 is 11.6 Å². The van der Waals surface area contributed by atoms with Crippen molar-refractivity contribution in [1.29, 1.82) is 0 Å². The topological polar surface area (TPSA) is 96.7 Å². The molecule has 0 bridgehead atoms. The van der Waals surface area contributed by atoms with Crippen LogP contribution in [0.5, 0.6) is 0 Å². The van der Waals surface area contributed by atoms with Crippen LogP contribution in [0.4, 0.5) is 4.79 Å². The van der Waals surface area contributed by atoms with E-state index < -0.39 is 12.1 Å². The van der Waals surface area contributed by atoms with E-state index in [1.54, 1.807) is 30.1 Å². The van der Waals surface area contributed by atoms with Crippen LogP contribution in [0.25, 0.3) is 10.9 Å². The third kappa shape index (κ3) is 3.02. The predicted octanol–water partition coefficient (Wildman–Crippen LogP) is 1.35. The zero-order valence-corrected chi connectivity index (χ0v) is 13.8. The van der Waals surface area contributed by atoms with Crippen LogP contribution in [0.3, 0.4) is 0 Å². The van der Waals surface area contributed by atoms with Gasteiger partial charge in [0.05, 0.1) is 48.3 Å². The number of carboxylic acid groups (broad SMARTS) is 1. The molecule has 1 saturated heterocycles. The van der Waals surface area contributed by atoms with Gasteiger partial charge in [-0.05, 0) is 19.1 Å². The first kappa shape index (κ1) is 16.5. The number of nitrogens with zero attached hydrogens (tertiary/aromatic N) is 3. The van der Waals surface area contributed by atoms with Crippen molar-refractivity contribution in [2.24, 2.45) is 0 Å². The standard InChI is InChI=1S/C15H17ClN4O4/c1-9(17-15(22)23)13-18-11-4-2-3-10(16)12(11)14(21)20(13)19-5-7-24-8-6-19/h2-4,9,17H,5-8H2,1H3,(H,22,23). The lowest BCUT2D eigenvalue weighted by Gasteiger charge is -2.32. The van der Waals surface area contributed by atoms with E-state index in [0.29, 0.717) is 48.1 Å². The highest BCUT2D eigenvalue weighted by molar-refractivity contribution is 6.35. The van der Waals surface area contributed by atoms with Gasteiger partial charge in [0.25, 0.3) is 5.56 Å². The van der Waals surface area contributed by atoms with Gasteiger partial charge < -0.3 is 20.2 Å². The second kappa shape index (κ2) is 6.66. The zero-order valence-electron chi connectivity index (χ0n) is 13.0. The van der Waals surface area contributed by atoms with E-state index in [9.17, 15) is 9.59 Å². The van der Waals surface area contributed by atoms with Crippen LogP contribution in [-0.2, 0) is 4.74 Å². The molecule has 1 aromatic heterocycles. The number of ether oxygens (including phenoxy) is 1. The second-order valence-electron chi connectivity index (χ2n) is 5.46. The van der Waals surface area contributed by atoms with E-state index >= 15 is 0 Å². The predicted molar refractivity (Wildman–Crippen MR) is 89.4 cm³/mol. The van der Waals surface area contributed by atoms with Gasteiger partial charge >= 0.3 is 6.09 Å². The minimum absolute atomic E-state index is 0.317. The Morgan fingerprint density at radius 3 is 2.79 bits per heavy atom. The van der Waals surface area contributed by atoms with E-state index in [-0.39, 0.29) is 5.56 Å². The Kier molecular flexibility index (Phi) is 4.59. The molecular formula is C15H17ClN4O4. The van der Waals surface area contributed by atoms with Crippen LogP contribution in [0.1, 0.15) is 18.8 Å². The molecule has 1 aliphatic rings. The molecule has 1 fully saturated rings. The molecule has 2 N–H and O–H groups in total. The Balaban J connectivity index is 2.23. The maximum Gasteiger partial charge on any atom is 0.405 e. The van der Waals surface area contributed by atoms with Gasteiger partial charge in [-0.15, -0.1) is 0 Å². The fourth-order valence-electron chi connectivity index (χ4n) is 2.76. The van der Waals surface area contributed by atoms with Crippen LogP contribution in [0, 0.1) is 0 Å². The molecule has 3 rings (SSSR count). The Labute approximate surface area is 142 Å². The van der Waals surface area contributed by atoms with Gasteiger partial charge in [0, 0.05) is 0 Å². The number of hydrogen-bond acceptors (Lipinski definition) is 5.